The molecular weight excluding hydrogens is 624 g/mol. The van der Waals surface area contributed by atoms with Crippen molar-refractivity contribution in [1.29, 1.82) is 0 Å². The second kappa shape index (κ2) is 14.2. The predicted molar refractivity (Wildman–Crippen MR) is 167 cm³/mol. The first-order valence-corrected chi connectivity index (χ1v) is 14.8. The van der Waals surface area contributed by atoms with Crippen molar-refractivity contribution in [3.05, 3.63) is 143 Å². The fourth-order valence-corrected chi connectivity index (χ4v) is 5.08. The molecular formula is C38H28F8O. The smallest absolute Gasteiger partial charge is 0.419 e. The molecule has 0 unspecified atom stereocenters. The van der Waals surface area contributed by atoms with Crippen molar-refractivity contribution in [1.82, 2.24) is 0 Å². The summed E-state index contributed by atoms with van der Waals surface area (Å²) in [6.07, 6.45) is 1.37. The Labute approximate surface area is 266 Å². The van der Waals surface area contributed by atoms with E-state index < -0.39 is 46.8 Å². The molecule has 0 bridgehead atoms. The van der Waals surface area contributed by atoms with Crippen molar-refractivity contribution >= 4 is 6.08 Å². The molecule has 0 atom stereocenters. The van der Waals surface area contributed by atoms with Crippen molar-refractivity contribution < 1.29 is 39.9 Å². The summed E-state index contributed by atoms with van der Waals surface area (Å²) in [6, 6.07) is 19.7. The van der Waals surface area contributed by atoms with Crippen molar-refractivity contribution in [2.24, 2.45) is 0 Å². The molecule has 0 amide bonds. The lowest BCUT2D eigenvalue weighted by Crippen LogP contribution is -2.21. The van der Waals surface area contributed by atoms with Crippen LogP contribution in [0.4, 0.5) is 35.1 Å². The summed E-state index contributed by atoms with van der Waals surface area (Å²) in [5.74, 6) is -8.10. The molecule has 9 heteroatoms. The van der Waals surface area contributed by atoms with Gasteiger partial charge in [-0.05, 0) is 83.1 Å². The van der Waals surface area contributed by atoms with Gasteiger partial charge in [-0.1, -0.05) is 68.3 Å². The first-order chi connectivity index (χ1) is 22.4. The quantitative estimate of drug-likeness (QED) is 0.0784. The van der Waals surface area contributed by atoms with E-state index in [2.05, 4.69) is 11.7 Å². The third-order valence-corrected chi connectivity index (χ3v) is 7.58. The van der Waals surface area contributed by atoms with Crippen molar-refractivity contribution in [3.8, 4) is 39.1 Å². The number of rotatable bonds is 11. The molecule has 0 aliphatic carbocycles. The zero-order valence-electron chi connectivity index (χ0n) is 25.1. The molecule has 0 aliphatic rings. The molecule has 0 spiro atoms. The molecule has 5 aromatic rings. The Kier molecular flexibility index (Phi) is 10.1. The Morgan fingerprint density at radius 3 is 1.79 bits per heavy atom. The summed E-state index contributed by atoms with van der Waals surface area (Å²) in [5, 5.41) is 0. The first kappa shape index (κ1) is 33.4. The molecule has 5 rings (SSSR count). The summed E-state index contributed by atoms with van der Waals surface area (Å²) in [4.78, 5) is 0. The van der Waals surface area contributed by atoms with Crippen LogP contribution in [0, 0.1) is 34.9 Å². The van der Waals surface area contributed by atoms with Crippen LogP contribution in [-0.4, -0.2) is 6.11 Å². The predicted octanol–water partition coefficient (Wildman–Crippen LogP) is 11.9. The van der Waals surface area contributed by atoms with Crippen LogP contribution < -0.4 is 4.74 Å². The normalized spacial score (nSPS) is 11.8. The van der Waals surface area contributed by atoms with E-state index in [0.717, 1.165) is 55.5 Å². The minimum absolute atomic E-state index is 0.129. The van der Waals surface area contributed by atoms with Crippen LogP contribution in [0.15, 0.2) is 97.1 Å². The lowest BCUT2D eigenvalue weighted by molar-refractivity contribution is -0.131. The van der Waals surface area contributed by atoms with Crippen LogP contribution >= 0.6 is 0 Å². The van der Waals surface area contributed by atoms with E-state index in [4.69, 9.17) is 0 Å². The Hall–Kier alpha value is -4.92. The zero-order chi connectivity index (χ0) is 33.7. The SMILES string of the molecule is CCCCCc1ccc(-c2ccc(-c3ccc(C=CC(F)(F)Oc4ccc(-c5cc(F)c(F)c(F)c5)c(F)c4)c(F)c3)c(F)c2)cc1. The van der Waals surface area contributed by atoms with Crippen molar-refractivity contribution in [2.45, 2.75) is 38.7 Å². The van der Waals surface area contributed by atoms with Crippen LogP contribution in [0.2, 0.25) is 0 Å². The van der Waals surface area contributed by atoms with E-state index >= 15 is 4.39 Å². The first-order valence-electron chi connectivity index (χ1n) is 14.8. The molecule has 47 heavy (non-hydrogen) atoms. The van der Waals surface area contributed by atoms with Gasteiger partial charge >= 0.3 is 6.11 Å². The van der Waals surface area contributed by atoms with Gasteiger partial charge in [0.25, 0.3) is 0 Å². The summed E-state index contributed by atoms with van der Waals surface area (Å²) < 4.78 is 119. The van der Waals surface area contributed by atoms with Crippen LogP contribution in [-0.2, 0) is 6.42 Å². The lowest BCUT2D eigenvalue weighted by Gasteiger charge is -2.15. The van der Waals surface area contributed by atoms with Gasteiger partial charge in [0.1, 0.15) is 23.2 Å². The summed E-state index contributed by atoms with van der Waals surface area (Å²) in [5.41, 5.74) is 2.05. The van der Waals surface area contributed by atoms with Gasteiger partial charge in [0.05, 0.1) is 0 Å². The molecule has 0 heterocycles. The van der Waals surface area contributed by atoms with Gasteiger partial charge in [-0.15, -0.1) is 0 Å². The van der Waals surface area contributed by atoms with E-state index in [1.165, 1.54) is 29.8 Å². The van der Waals surface area contributed by atoms with Crippen molar-refractivity contribution in [2.75, 3.05) is 0 Å². The molecule has 242 valence electrons. The molecule has 0 fully saturated rings. The third kappa shape index (κ3) is 8.09. The topological polar surface area (TPSA) is 9.23 Å². The Bertz CT molecular complexity index is 1890. The van der Waals surface area contributed by atoms with Gasteiger partial charge in [-0.3, -0.25) is 0 Å². The number of hydrogen-bond donors (Lipinski definition) is 0. The van der Waals surface area contributed by atoms with Gasteiger partial charge < -0.3 is 4.74 Å². The standard InChI is InChI=1S/C38H28F8O/c1-2-3-4-5-23-6-8-24(9-7-23)26-12-14-30(33(40)18-26)27-11-10-25(32(39)19-27)16-17-38(45,46)47-29-13-15-31(34(41)22-29)28-20-35(42)37(44)36(43)21-28/h6-22H,2-5H2,1H3. The number of hydrogen-bond acceptors (Lipinski definition) is 1. The largest absolute Gasteiger partial charge is 0.429 e. The number of unbranched alkanes of at least 4 members (excludes halogenated alkanes) is 2. The maximum atomic E-state index is 15.1. The maximum Gasteiger partial charge on any atom is 0.419 e. The molecule has 0 aromatic heterocycles. The minimum Gasteiger partial charge on any atom is -0.429 e. The minimum atomic E-state index is -4.02. The zero-order valence-corrected chi connectivity index (χ0v) is 25.1. The van der Waals surface area contributed by atoms with Gasteiger partial charge in [0.2, 0.25) is 0 Å². The van der Waals surface area contributed by atoms with Crippen LogP contribution in [0.3, 0.4) is 0 Å². The second-order valence-corrected chi connectivity index (χ2v) is 11.0. The highest BCUT2D eigenvalue weighted by Gasteiger charge is 2.28. The molecule has 0 radical (unpaired) electrons. The molecule has 5 aromatic carbocycles. The highest BCUT2D eigenvalue weighted by atomic mass is 19.3. The van der Waals surface area contributed by atoms with E-state index in [9.17, 15) is 30.7 Å². The average molecular weight is 653 g/mol. The third-order valence-electron chi connectivity index (χ3n) is 7.58. The summed E-state index contributed by atoms with van der Waals surface area (Å²) in [7, 11) is 0. The number of halogens is 8. The molecule has 0 aliphatic heterocycles. The number of alkyl halides is 2. The maximum absolute atomic E-state index is 15.1. The fraction of sp³-hybridized carbons (Fsp3) is 0.158. The van der Waals surface area contributed by atoms with Gasteiger partial charge in [-0.25, -0.2) is 26.3 Å². The highest BCUT2D eigenvalue weighted by Crippen LogP contribution is 2.33. The number of aryl methyl sites for hydroxylation is 1. The number of ether oxygens (including phenoxy) is 1. The van der Waals surface area contributed by atoms with E-state index in [0.29, 0.717) is 23.8 Å². The summed E-state index contributed by atoms with van der Waals surface area (Å²) in [6.45, 7) is 2.14. The van der Waals surface area contributed by atoms with Crippen LogP contribution in [0.1, 0.15) is 37.3 Å². The van der Waals surface area contributed by atoms with Gasteiger partial charge in [-0.2, -0.15) is 8.78 Å². The van der Waals surface area contributed by atoms with Gasteiger partial charge in [0.15, 0.2) is 17.5 Å². The Morgan fingerprint density at radius 2 is 1.15 bits per heavy atom. The van der Waals surface area contributed by atoms with E-state index in [1.807, 2.05) is 24.3 Å². The highest BCUT2D eigenvalue weighted by molar-refractivity contribution is 5.72. The second-order valence-electron chi connectivity index (χ2n) is 11.0. The van der Waals surface area contributed by atoms with E-state index in [1.54, 1.807) is 6.07 Å². The van der Waals surface area contributed by atoms with Crippen LogP contribution in [0.5, 0.6) is 5.75 Å². The van der Waals surface area contributed by atoms with Crippen LogP contribution in [0.25, 0.3) is 39.5 Å². The number of benzene rings is 5. The van der Waals surface area contributed by atoms with E-state index in [-0.39, 0.29) is 33.9 Å². The molecule has 0 saturated carbocycles. The van der Waals surface area contributed by atoms with Gasteiger partial charge in [0, 0.05) is 28.8 Å². The summed E-state index contributed by atoms with van der Waals surface area (Å²) >= 11 is 0. The average Bonchev–Trinajstić information content (AvgIpc) is 3.03. The molecule has 1 nitrogen and oxygen atoms in total. The van der Waals surface area contributed by atoms with Crippen molar-refractivity contribution in [3.63, 3.8) is 0 Å². The monoisotopic (exact) mass is 652 g/mol. The Balaban J connectivity index is 1.26. The fourth-order valence-electron chi connectivity index (χ4n) is 5.08. The lowest BCUT2D eigenvalue weighted by atomic mass is 9.97. The molecule has 0 N–H and O–H groups in total. The molecule has 0 saturated heterocycles. The Morgan fingerprint density at radius 1 is 0.574 bits per heavy atom.